The summed E-state index contributed by atoms with van der Waals surface area (Å²) in [5.41, 5.74) is 2.79. The number of aromatic nitrogens is 2. The highest BCUT2D eigenvalue weighted by atomic mass is 16.3. The van der Waals surface area contributed by atoms with Crippen molar-refractivity contribution in [2.75, 3.05) is 18.1 Å². The molecule has 4 nitrogen and oxygen atoms in total. The molecule has 0 bridgehead atoms. The first-order valence-electron chi connectivity index (χ1n) is 6.40. The summed E-state index contributed by atoms with van der Waals surface area (Å²) in [4.78, 5) is 11.5. The van der Waals surface area contributed by atoms with E-state index in [2.05, 4.69) is 9.88 Å². The number of aryl methyl sites for hydroxylation is 1. The smallest absolute Gasteiger partial charge is 0.151 e. The number of para-hydroxylation sites is 2. The van der Waals surface area contributed by atoms with Gasteiger partial charge in [-0.05, 0) is 31.9 Å². The van der Waals surface area contributed by atoms with Gasteiger partial charge in [0.2, 0.25) is 0 Å². The van der Waals surface area contributed by atoms with E-state index in [4.69, 9.17) is 4.98 Å². The molecule has 0 saturated carbocycles. The Morgan fingerprint density at radius 2 is 2.00 bits per heavy atom. The SMILES string of the molecule is Cc1nc2ccccc2nc1N1CCC[C@H]1CO. The Kier molecular flexibility index (Phi) is 2.88. The van der Waals surface area contributed by atoms with Crippen molar-refractivity contribution in [2.24, 2.45) is 0 Å². The predicted octanol–water partition coefficient (Wildman–Crippen LogP) is 1.90. The van der Waals surface area contributed by atoms with E-state index < -0.39 is 0 Å². The minimum absolute atomic E-state index is 0.188. The van der Waals surface area contributed by atoms with E-state index in [-0.39, 0.29) is 12.6 Å². The van der Waals surface area contributed by atoms with E-state index in [0.29, 0.717) is 0 Å². The summed E-state index contributed by atoms with van der Waals surface area (Å²) in [6.45, 7) is 3.13. The molecule has 2 heterocycles. The van der Waals surface area contributed by atoms with Gasteiger partial charge in [-0.25, -0.2) is 9.97 Å². The fourth-order valence-corrected chi connectivity index (χ4v) is 2.66. The first kappa shape index (κ1) is 11.4. The number of nitrogens with zero attached hydrogens (tertiary/aromatic N) is 3. The Morgan fingerprint density at radius 3 is 2.72 bits per heavy atom. The average Bonchev–Trinajstić information content (AvgIpc) is 2.86. The van der Waals surface area contributed by atoms with Crippen LogP contribution in [0, 0.1) is 6.92 Å². The number of hydrogen-bond donors (Lipinski definition) is 1. The molecule has 0 aliphatic carbocycles. The molecule has 1 aromatic carbocycles. The number of aliphatic hydroxyl groups excluding tert-OH is 1. The van der Waals surface area contributed by atoms with Crippen molar-refractivity contribution in [3.8, 4) is 0 Å². The van der Waals surface area contributed by atoms with Gasteiger partial charge < -0.3 is 10.0 Å². The molecule has 1 fully saturated rings. The third kappa shape index (κ3) is 1.82. The fraction of sp³-hybridized carbons (Fsp3) is 0.429. The van der Waals surface area contributed by atoms with E-state index >= 15 is 0 Å². The first-order valence-corrected chi connectivity index (χ1v) is 6.40. The van der Waals surface area contributed by atoms with Gasteiger partial charge in [0, 0.05) is 6.54 Å². The van der Waals surface area contributed by atoms with E-state index in [1.807, 2.05) is 31.2 Å². The summed E-state index contributed by atoms with van der Waals surface area (Å²) in [6.07, 6.45) is 2.14. The van der Waals surface area contributed by atoms with Gasteiger partial charge in [-0.2, -0.15) is 0 Å². The lowest BCUT2D eigenvalue weighted by Gasteiger charge is -2.25. The summed E-state index contributed by atoms with van der Waals surface area (Å²) in [7, 11) is 0. The maximum absolute atomic E-state index is 9.41. The van der Waals surface area contributed by atoms with Crippen LogP contribution in [0.5, 0.6) is 0 Å². The number of benzene rings is 1. The maximum Gasteiger partial charge on any atom is 0.151 e. The van der Waals surface area contributed by atoms with Gasteiger partial charge in [0.25, 0.3) is 0 Å². The molecule has 1 aromatic heterocycles. The Morgan fingerprint density at radius 1 is 1.28 bits per heavy atom. The fourth-order valence-electron chi connectivity index (χ4n) is 2.66. The molecule has 18 heavy (non-hydrogen) atoms. The minimum atomic E-state index is 0.188. The Hall–Kier alpha value is -1.68. The lowest BCUT2D eigenvalue weighted by Crippen LogP contribution is -2.33. The molecule has 1 saturated heterocycles. The summed E-state index contributed by atoms with van der Waals surface area (Å²) >= 11 is 0. The van der Waals surface area contributed by atoms with Gasteiger partial charge in [-0.3, -0.25) is 0 Å². The van der Waals surface area contributed by atoms with Crippen LogP contribution in [-0.2, 0) is 0 Å². The van der Waals surface area contributed by atoms with Crippen LogP contribution < -0.4 is 4.90 Å². The van der Waals surface area contributed by atoms with Crippen LogP contribution in [0.2, 0.25) is 0 Å². The molecule has 0 spiro atoms. The van der Waals surface area contributed by atoms with Crippen LogP contribution in [-0.4, -0.2) is 34.3 Å². The second-order valence-electron chi connectivity index (χ2n) is 4.79. The van der Waals surface area contributed by atoms with Crippen LogP contribution in [0.25, 0.3) is 11.0 Å². The number of anilines is 1. The molecule has 0 unspecified atom stereocenters. The highest BCUT2D eigenvalue weighted by molar-refractivity contribution is 5.76. The minimum Gasteiger partial charge on any atom is -0.394 e. The topological polar surface area (TPSA) is 49.2 Å². The van der Waals surface area contributed by atoms with E-state index in [0.717, 1.165) is 41.9 Å². The molecule has 1 aliphatic rings. The van der Waals surface area contributed by atoms with Crippen molar-refractivity contribution in [2.45, 2.75) is 25.8 Å². The third-order valence-corrected chi connectivity index (χ3v) is 3.58. The number of rotatable bonds is 2. The quantitative estimate of drug-likeness (QED) is 0.875. The zero-order valence-electron chi connectivity index (χ0n) is 10.5. The maximum atomic E-state index is 9.41. The van der Waals surface area contributed by atoms with Gasteiger partial charge in [0.05, 0.1) is 29.4 Å². The van der Waals surface area contributed by atoms with Crippen LogP contribution in [0.4, 0.5) is 5.82 Å². The van der Waals surface area contributed by atoms with Crippen molar-refractivity contribution in [1.82, 2.24) is 9.97 Å². The van der Waals surface area contributed by atoms with E-state index in [9.17, 15) is 5.11 Å². The van der Waals surface area contributed by atoms with Crippen molar-refractivity contribution in [1.29, 1.82) is 0 Å². The Bertz CT molecular complexity index is 570. The van der Waals surface area contributed by atoms with Crippen molar-refractivity contribution in [3.63, 3.8) is 0 Å². The highest BCUT2D eigenvalue weighted by Gasteiger charge is 2.26. The molecule has 0 radical (unpaired) electrons. The normalized spacial score (nSPS) is 19.7. The zero-order valence-corrected chi connectivity index (χ0v) is 10.5. The molecule has 3 rings (SSSR count). The Labute approximate surface area is 106 Å². The van der Waals surface area contributed by atoms with Gasteiger partial charge >= 0.3 is 0 Å². The average molecular weight is 243 g/mol. The number of hydrogen-bond acceptors (Lipinski definition) is 4. The second kappa shape index (κ2) is 4.53. The summed E-state index contributed by atoms with van der Waals surface area (Å²) < 4.78 is 0. The third-order valence-electron chi connectivity index (χ3n) is 3.58. The molecular formula is C14H17N3O. The van der Waals surface area contributed by atoms with Gasteiger partial charge in [-0.15, -0.1) is 0 Å². The molecule has 4 heteroatoms. The molecular weight excluding hydrogens is 226 g/mol. The molecule has 1 N–H and O–H groups in total. The van der Waals surface area contributed by atoms with E-state index in [1.54, 1.807) is 0 Å². The molecule has 94 valence electrons. The standard InChI is InChI=1S/C14H17N3O/c1-10-14(17-8-4-5-11(17)9-18)16-13-7-3-2-6-12(13)15-10/h2-3,6-7,11,18H,4-5,8-9H2,1H3/t11-/m0/s1. The largest absolute Gasteiger partial charge is 0.394 e. The van der Waals surface area contributed by atoms with Crippen molar-refractivity contribution in [3.05, 3.63) is 30.0 Å². The van der Waals surface area contributed by atoms with Crippen molar-refractivity contribution >= 4 is 16.9 Å². The first-order chi connectivity index (χ1) is 8.79. The molecule has 1 aliphatic heterocycles. The van der Waals surface area contributed by atoms with Gasteiger partial charge in [0.15, 0.2) is 5.82 Å². The van der Waals surface area contributed by atoms with Crippen LogP contribution in [0.1, 0.15) is 18.5 Å². The summed E-state index contributed by atoms with van der Waals surface area (Å²) in [6, 6.07) is 8.10. The monoisotopic (exact) mass is 243 g/mol. The summed E-state index contributed by atoms with van der Waals surface area (Å²) in [5.74, 6) is 0.922. The van der Waals surface area contributed by atoms with Gasteiger partial charge in [0.1, 0.15) is 0 Å². The number of aliphatic hydroxyl groups is 1. The molecule has 2 aromatic rings. The van der Waals surface area contributed by atoms with Crippen LogP contribution >= 0.6 is 0 Å². The predicted molar refractivity (Wildman–Crippen MR) is 71.7 cm³/mol. The highest BCUT2D eigenvalue weighted by Crippen LogP contribution is 2.27. The molecule has 0 amide bonds. The summed E-state index contributed by atoms with van der Waals surface area (Å²) in [5, 5.41) is 9.41. The van der Waals surface area contributed by atoms with Crippen LogP contribution in [0.15, 0.2) is 24.3 Å². The van der Waals surface area contributed by atoms with E-state index in [1.165, 1.54) is 0 Å². The Balaban J connectivity index is 2.08. The molecule has 1 atom stereocenters. The lowest BCUT2D eigenvalue weighted by atomic mass is 10.2. The zero-order chi connectivity index (χ0) is 12.5. The van der Waals surface area contributed by atoms with Crippen LogP contribution in [0.3, 0.4) is 0 Å². The lowest BCUT2D eigenvalue weighted by molar-refractivity contribution is 0.266. The second-order valence-corrected chi connectivity index (χ2v) is 4.79. The van der Waals surface area contributed by atoms with Crippen molar-refractivity contribution < 1.29 is 5.11 Å². The van der Waals surface area contributed by atoms with Gasteiger partial charge in [-0.1, -0.05) is 12.1 Å². The number of fused-ring (bicyclic) bond motifs is 1.